The Morgan fingerprint density at radius 2 is 1.71 bits per heavy atom. The number of nitrogens with zero attached hydrogens (tertiary/aromatic N) is 1. The lowest BCUT2D eigenvalue weighted by Gasteiger charge is -2.38. The van der Waals surface area contributed by atoms with Gasteiger partial charge in [-0.25, -0.2) is 4.79 Å². The van der Waals surface area contributed by atoms with Crippen molar-refractivity contribution in [1.29, 1.82) is 0 Å². The predicted molar refractivity (Wildman–Crippen MR) is 164 cm³/mol. The summed E-state index contributed by atoms with van der Waals surface area (Å²) in [5.74, 6) is -0.0163. The number of ketones is 1. The molecule has 1 aliphatic heterocycles. The molecule has 1 unspecified atom stereocenters. The minimum Gasteiger partial charge on any atom is -0.495 e. The molecule has 2 aliphatic carbocycles. The second kappa shape index (κ2) is 14.0. The topological polar surface area (TPSA) is 117 Å². The molecule has 226 valence electrons. The van der Waals surface area contributed by atoms with Crippen LogP contribution in [0.1, 0.15) is 63.4 Å². The van der Waals surface area contributed by atoms with Crippen LogP contribution in [0.25, 0.3) is 0 Å². The SMILES string of the molecule is COc1cc(CC(=O)C(OC2CCC(C(=O)O)CC2)N2CC[C@H]3CCCC[C@H]32)ccc1NC(=O)Nc1ccccc1Br. The van der Waals surface area contributed by atoms with Gasteiger partial charge in [-0.2, -0.15) is 0 Å². The molecular weight excluding hydrogens is 602 g/mol. The summed E-state index contributed by atoms with van der Waals surface area (Å²) in [7, 11) is 1.53. The number of para-hydroxylation sites is 1. The van der Waals surface area contributed by atoms with Crippen LogP contribution in [0.5, 0.6) is 5.75 Å². The lowest BCUT2D eigenvalue weighted by Crippen LogP contribution is -2.50. The third-order valence-corrected chi connectivity index (χ3v) is 9.68. The van der Waals surface area contributed by atoms with Crippen molar-refractivity contribution in [3.05, 3.63) is 52.5 Å². The number of hydrogen-bond acceptors (Lipinski definition) is 6. The minimum absolute atomic E-state index is 0.00369. The summed E-state index contributed by atoms with van der Waals surface area (Å²) < 4.78 is 12.9. The maximum atomic E-state index is 13.9. The molecule has 3 N–H and O–H groups in total. The van der Waals surface area contributed by atoms with Crippen LogP contribution in [0.4, 0.5) is 16.2 Å². The van der Waals surface area contributed by atoms with Crippen LogP contribution in [0, 0.1) is 11.8 Å². The van der Waals surface area contributed by atoms with E-state index in [1.165, 1.54) is 26.4 Å². The number of halogens is 1. The number of carboxylic acids is 1. The fourth-order valence-electron chi connectivity index (χ4n) is 6.78. The molecular formula is C32H40BrN3O6. The van der Waals surface area contributed by atoms with Gasteiger partial charge in [-0.3, -0.25) is 14.5 Å². The number of carbonyl (C=O) groups is 3. The predicted octanol–water partition coefficient (Wildman–Crippen LogP) is 6.46. The van der Waals surface area contributed by atoms with Crippen LogP contribution in [-0.2, 0) is 20.7 Å². The molecule has 42 heavy (non-hydrogen) atoms. The summed E-state index contributed by atoms with van der Waals surface area (Å²) in [6.45, 7) is 0.842. The number of ether oxygens (including phenoxy) is 2. The van der Waals surface area contributed by atoms with E-state index in [9.17, 15) is 19.5 Å². The van der Waals surface area contributed by atoms with Crippen molar-refractivity contribution in [1.82, 2.24) is 4.90 Å². The number of nitrogens with one attached hydrogen (secondary N) is 2. The van der Waals surface area contributed by atoms with Gasteiger partial charge in [0.15, 0.2) is 12.0 Å². The number of fused-ring (bicyclic) bond motifs is 1. The first-order valence-electron chi connectivity index (χ1n) is 15.0. The summed E-state index contributed by atoms with van der Waals surface area (Å²) in [5, 5.41) is 15.0. The van der Waals surface area contributed by atoms with Gasteiger partial charge in [0, 0.05) is 23.5 Å². The number of carbonyl (C=O) groups excluding carboxylic acids is 2. The highest BCUT2D eigenvalue weighted by molar-refractivity contribution is 9.10. The zero-order valence-corrected chi connectivity index (χ0v) is 25.6. The third kappa shape index (κ3) is 7.33. The number of likely N-dealkylation sites (tertiary alicyclic amines) is 1. The highest BCUT2D eigenvalue weighted by Gasteiger charge is 2.43. The molecule has 3 atom stereocenters. The smallest absolute Gasteiger partial charge is 0.323 e. The lowest BCUT2D eigenvalue weighted by atomic mass is 9.85. The summed E-state index contributed by atoms with van der Waals surface area (Å²) in [5.41, 5.74) is 1.91. The summed E-state index contributed by atoms with van der Waals surface area (Å²) >= 11 is 3.43. The van der Waals surface area contributed by atoms with Crippen LogP contribution < -0.4 is 15.4 Å². The Hall–Kier alpha value is -2.95. The number of rotatable bonds is 10. The average Bonchev–Trinajstić information content (AvgIpc) is 3.42. The van der Waals surface area contributed by atoms with Gasteiger partial charge >= 0.3 is 12.0 Å². The molecule has 3 fully saturated rings. The molecule has 0 aromatic heterocycles. The van der Waals surface area contributed by atoms with E-state index in [1.807, 2.05) is 24.3 Å². The number of methoxy groups -OCH3 is 1. The van der Waals surface area contributed by atoms with Crippen LogP contribution in [-0.4, -0.2) is 59.8 Å². The van der Waals surface area contributed by atoms with Crippen molar-refractivity contribution in [2.24, 2.45) is 11.8 Å². The van der Waals surface area contributed by atoms with E-state index in [1.54, 1.807) is 18.2 Å². The second-order valence-electron chi connectivity index (χ2n) is 11.7. The number of carboxylic acid groups (broad SMARTS) is 1. The van der Waals surface area contributed by atoms with Gasteiger partial charge in [0.05, 0.1) is 30.5 Å². The van der Waals surface area contributed by atoms with Crippen molar-refractivity contribution >= 4 is 45.1 Å². The molecule has 1 saturated heterocycles. The van der Waals surface area contributed by atoms with E-state index in [0.29, 0.717) is 54.8 Å². The van der Waals surface area contributed by atoms with Gasteiger partial charge in [0.1, 0.15) is 5.75 Å². The maximum Gasteiger partial charge on any atom is 0.323 e. The number of amides is 2. The molecule has 0 radical (unpaired) electrons. The van der Waals surface area contributed by atoms with Crippen LogP contribution in [0.3, 0.4) is 0 Å². The van der Waals surface area contributed by atoms with Gasteiger partial charge in [-0.05, 0) is 96.6 Å². The summed E-state index contributed by atoms with van der Waals surface area (Å²) in [4.78, 5) is 40.3. The molecule has 5 rings (SSSR count). The molecule has 0 bridgehead atoms. The van der Waals surface area contributed by atoms with E-state index in [4.69, 9.17) is 9.47 Å². The van der Waals surface area contributed by atoms with Gasteiger partial charge in [0.25, 0.3) is 0 Å². The first-order valence-corrected chi connectivity index (χ1v) is 15.8. The molecule has 9 nitrogen and oxygen atoms in total. The van der Waals surface area contributed by atoms with E-state index in [2.05, 4.69) is 31.5 Å². The second-order valence-corrected chi connectivity index (χ2v) is 12.5. The molecule has 3 aliphatic rings. The Morgan fingerprint density at radius 1 is 0.976 bits per heavy atom. The number of benzene rings is 2. The Morgan fingerprint density at radius 3 is 2.45 bits per heavy atom. The lowest BCUT2D eigenvalue weighted by molar-refractivity contribution is -0.161. The average molecular weight is 643 g/mol. The number of hydrogen-bond donors (Lipinski definition) is 3. The normalized spacial score (nSPS) is 24.8. The standard InChI is InChI=1S/C32H40BrN3O6/c1-41-29-19-20(10-15-26(29)35-32(40)34-25-8-4-3-7-24(25)33)18-28(37)30(36-17-16-21-6-2-5-9-27(21)36)42-23-13-11-22(12-14-23)31(38)39/h3-4,7-8,10,15,19,21-23,27,30H,2,5-6,9,11-14,16-18H2,1H3,(H,38,39)(H2,34,35,40)/t21-,22?,23?,27-,30?/m1/s1. The quantitative estimate of drug-likeness (QED) is 0.272. The Labute approximate surface area is 255 Å². The molecule has 2 aromatic carbocycles. The number of aliphatic carboxylic acids is 1. The Balaban J connectivity index is 1.28. The summed E-state index contributed by atoms with van der Waals surface area (Å²) in [6, 6.07) is 12.6. The van der Waals surface area contributed by atoms with Gasteiger partial charge in [-0.15, -0.1) is 0 Å². The van der Waals surface area contributed by atoms with Crippen molar-refractivity contribution < 1.29 is 29.0 Å². The van der Waals surface area contributed by atoms with Gasteiger partial charge in [0.2, 0.25) is 0 Å². The Kier molecular flexibility index (Phi) is 10.2. The van der Waals surface area contributed by atoms with Crippen LogP contribution >= 0.6 is 15.9 Å². The molecule has 2 saturated carbocycles. The van der Waals surface area contributed by atoms with Crippen molar-refractivity contribution in [2.45, 2.75) is 82.6 Å². The monoisotopic (exact) mass is 641 g/mol. The highest BCUT2D eigenvalue weighted by Crippen LogP contribution is 2.39. The maximum absolute atomic E-state index is 13.9. The zero-order chi connectivity index (χ0) is 29.6. The van der Waals surface area contributed by atoms with E-state index >= 15 is 0 Å². The molecule has 2 amide bonds. The molecule has 2 aromatic rings. The van der Waals surface area contributed by atoms with Gasteiger partial charge in [-0.1, -0.05) is 31.0 Å². The highest BCUT2D eigenvalue weighted by atomic mass is 79.9. The van der Waals surface area contributed by atoms with E-state index in [0.717, 1.165) is 29.4 Å². The largest absolute Gasteiger partial charge is 0.495 e. The van der Waals surface area contributed by atoms with Crippen LogP contribution in [0.15, 0.2) is 46.9 Å². The number of anilines is 2. The fraction of sp³-hybridized carbons (Fsp3) is 0.531. The van der Waals surface area contributed by atoms with Crippen LogP contribution in [0.2, 0.25) is 0 Å². The van der Waals surface area contributed by atoms with Crippen molar-refractivity contribution in [3.8, 4) is 5.75 Å². The fourth-order valence-corrected chi connectivity index (χ4v) is 7.16. The molecule has 1 heterocycles. The number of Topliss-reactive ketones (excluding diaryl/α,β-unsaturated/α-hetero) is 1. The van der Waals surface area contributed by atoms with E-state index < -0.39 is 18.2 Å². The van der Waals surface area contributed by atoms with Crippen molar-refractivity contribution in [3.63, 3.8) is 0 Å². The molecule has 10 heteroatoms. The third-order valence-electron chi connectivity index (χ3n) is 8.99. The minimum atomic E-state index is -0.747. The van der Waals surface area contributed by atoms with E-state index in [-0.39, 0.29) is 24.2 Å². The number of urea groups is 1. The Bertz CT molecular complexity index is 1280. The molecule has 0 spiro atoms. The van der Waals surface area contributed by atoms with Crippen molar-refractivity contribution in [2.75, 3.05) is 24.3 Å². The summed E-state index contributed by atoms with van der Waals surface area (Å²) in [6.07, 6.45) is 7.63. The first-order chi connectivity index (χ1) is 20.3. The first kappa shape index (κ1) is 30.5. The zero-order valence-electron chi connectivity index (χ0n) is 24.0. The van der Waals surface area contributed by atoms with Gasteiger partial charge < -0.3 is 25.2 Å².